The van der Waals surface area contributed by atoms with Crippen molar-refractivity contribution in [2.45, 2.75) is 87.8 Å². The van der Waals surface area contributed by atoms with Crippen molar-refractivity contribution in [3.8, 4) is 0 Å². The lowest BCUT2D eigenvalue weighted by atomic mass is 9.74. The number of anilines is 1. The van der Waals surface area contributed by atoms with Crippen LogP contribution in [0.2, 0.25) is 0 Å². The Labute approximate surface area is 327 Å². The zero-order chi connectivity index (χ0) is 40.8. The van der Waals surface area contributed by atoms with E-state index < -0.39 is 47.1 Å². The van der Waals surface area contributed by atoms with Crippen molar-refractivity contribution in [2.24, 2.45) is 5.41 Å². The second-order valence-electron chi connectivity index (χ2n) is 15.8. The summed E-state index contributed by atoms with van der Waals surface area (Å²) in [6.45, 7) is 12.6. The van der Waals surface area contributed by atoms with Gasteiger partial charge in [-0.05, 0) is 98.1 Å². The van der Waals surface area contributed by atoms with Gasteiger partial charge in [-0.15, -0.1) is 4.33 Å². The van der Waals surface area contributed by atoms with E-state index in [1.54, 1.807) is 26.0 Å². The highest BCUT2D eigenvalue weighted by Gasteiger charge is 2.46. The van der Waals surface area contributed by atoms with Crippen molar-refractivity contribution in [3.63, 3.8) is 0 Å². The molecule has 0 saturated carbocycles. The lowest BCUT2D eigenvalue weighted by molar-refractivity contribution is -0.432. The lowest BCUT2D eigenvalue weighted by Gasteiger charge is -2.33. The number of hydrogen-bond acceptors (Lipinski definition) is 11. The van der Waals surface area contributed by atoms with Gasteiger partial charge < -0.3 is 4.90 Å². The summed E-state index contributed by atoms with van der Waals surface area (Å²) in [5.41, 5.74) is 4.74. The Kier molecular flexibility index (Phi) is 12.2. The van der Waals surface area contributed by atoms with Gasteiger partial charge in [0.15, 0.2) is 5.71 Å². The van der Waals surface area contributed by atoms with Gasteiger partial charge in [0.25, 0.3) is 26.1 Å². The number of unbranched alkanes of at least 4 members (excludes halogenated alkanes) is 1. The molecule has 0 spiro atoms. The van der Waals surface area contributed by atoms with Crippen LogP contribution in [0.25, 0.3) is 0 Å². The molecule has 14 nitrogen and oxygen atoms in total. The van der Waals surface area contributed by atoms with Crippen LogP contribution in [0.15, 0.2) is 93.4 Å². The summed E-state index contributed by atoms with van der Waals surface area (Å²) < 4.78 is 106. The van der Waals surface area contributed by atoms with Crippen LogP contribution in [-0.2, 0) is 50.6 Å². The van der Waals surface area contributed by atoms with Crippen LogP contribution in [-0.4, -0.2) is 72.6 Å². The fourth-order valence-corrected chi connectivity index (χ4v) is 9.86. The van der Waals surface area contributed by atoms with Crippen LogP contribution in [0.1, 0.15) is 78.4 Å². The first-order chi connectivity index (χ1) is 25.3. The Morgan fingerprint density at radius 1 is 0.873 bits per heavy atom. The molecule has 18 heteroatoms. The molecule has 4 N–H and O–H groups in total. The molecule has 2 heterocycles. The molecule has 2 aromatic rings. The third-order valence-corrected chi connectivity index (χ3v) is 12.9. The topological polar surface area (TPSA) is 208 Å². The summed E-state index contributed by atoms with van der Waals surface area (Å²) in [7, 11) is -13.1. The molecule has 55 heavy (non-hydrogen) atoms. The van der Waals surface area contributed by atoms with Crippen LogP contribution in [0.4, 0.5) is 11.4 Å². The molecule has 300 valence electrons. The lowest BCUT2D eigenvalue weighted by Crippen LogP contribution is -2.29. The molecular weight excluding hydrogens is 793 g/mol. The van der Waals surface area contributed by atoms with E-state index in [4.69, 9.17) is 5.26 Å². The van der Waals surface area contributed by atoms with Crippen molar-refractivity contribution in [1.29, 1.82) is 0 Å². The van der Waals surface area contributed by atoms with E-state index in [2.05, 4.69) is 54.1 Å². The van der Waals surface area contributed by atoms with Gasteiger partial charge in [0, 0.05) is 45.9 Å². The summed E-state index contributed by atoms with van der Waals surface area (Å²) >= 11 is 0.856. The molecule has 0 amide bonds. The molecule has 2 aliphatic heterocycles. The second kappa shape index (κ2) is 15.6. The number of benzene rings is 2. The van der Waals surface area contributed by atoms with Crippen molar-refractivity contribution in [3.05, 3.63) is 94.7 Å². The fraction of sp³-hybridized carbons (Fsp3) is 0.432. The maximum absolute atomic E-state index is 12.1. The molecule has 3 aliphatic rings. The smallest absolute Gasteiger partial charge is 0.326 e. The SMILES string of the molecule is CC1(C)CC(/C=C2/N(CCCCS(=O)(=O)O)c3ccc(SOOO)cc3C2(C)C)=CC(=C/C=C/C2=[N+](CS(=O)(=O)O)c3ccc(S(=O)(=O)O)cc3C2(C)C)/C1. The molecule has 0 fully saturated rings. The molecule has 0 atom stereocenters. The highest BCUT2D eigenvalue weighted by molar-refractivity contribution is 7.94. The molecule has 0 unspecified atom stereocenters. The maximum Gasteiger partial charge on any atom is 0.326 e. The predicted octanol–water partition coefficient (Wildman–Crippen LogP) is 7.16. The van der Waals surface area contributed by atoms with Crippen molar-refractivity contribution in [2.75, 3.05) is 23.1 Å². The van der Waals surface area contributed by atoms with E-state index in [0.29, 0.717) is 34.8 Å². The van der Waals surface area contributed by atoms with Gasteiger partial charge in [-0.2, -0.15) is 29.8 Å². The van der Waals surface area contributed by atoms with E-state index in [1.807, 2.05) is 24.3 Å². The molecule has 0 radical (unpaired) electrons. The third-order valence-electron chi connectivity index (χ3n) is 10.1. The average molecular weight is 840 g/mol. The van der Waals surface area contributed by atoms with Gasteiger partial charge in [-0.3, -0.25) is 13.7 Å². The fourth-order valence-electron chi connectivity index (χ4n) is 7.78. The Morgan fingerprint density at radius 3 is 2.22 bits per heavy atom. The first kappa shape index (κ1) is 43.0. The molecule has 2 aromatic carbocycles. The van der Waals surface area contributed by atoms with E-state index in [1.165, 1.54) is 22.8 Å². The highest BCUT2D eigenvalue weighted by Crippen LogP contribution is 2.50. The number of hydrogen-bond donors (Lipinski definition) is 4. The zero-order valence-electron chi connectivity index (χ0n) is 31.4. The van der Waals surface area contributed by atoms with Gasteiger partial charge in [0.1, 0.15) is 0 Å². The number of nitrogens with zero attached hydrogens (tertiary/aromatic N) is 2. The van der Waals surface area contributed by atoms with E-state index in [9.17, 15) is 38.9 Å². The third kappa shape index (κ3) is 10.0. The van der Waals surface area contributed by atoms with Gasteiger partial charge in [-0.25, -0.2) is 5.26 Å². The van der Waals surface area contributed by atoms with Gasteiger partial charge in [0.05, 0.1) is 28.1 Å². The first-order valence-electron chi connectivity index (χ1n) is 17.4. The van der Waals surface area contributed by atoms with Crippen molar-refractivity contribution in [1.82, 2.24) is 0 Å². The summed E-state index contributed by atoms with van der Waals surface area (Å²) in [6, 6.07) is 9.63. The number of fused-ring (bicyclic) bond motifs is 2. The minimum absolute atomic E-state index is 0.151. The van der Waals surface area contributed by atoms with Crippen LogP contribution >= 0.6 is 12.0 Å². The van der Waals surface area contributed by atoms with Crippen LogP contribution < -0.4 is 4.90 Å². The largest absolute Gasteiger partial charge is 0.344 e. The minimum Gasteiger partial charge on any atom is -0.344 e. The number of allylic oxidation sites excluding steroid dienone is 8. The average Bonchev–Trinajstić information content (AvgIpc) is 3.37. The molecule has 1 aliphatic carbocycles. The molecule has 5 rings (SSSR count). The highest BCUT2D eigenvalue weighted by atomic mass is 32.2. The van der Waals surface area contributed by atoms with E-state index >= 15 is 0 Å². The quantitative estimate of drug-likeness (QED) is 0.0372. The second-order valence-corrected chi connectivity index (χ2v) is 21.0. The molecular formula is C37H47N2O12S4+. The van der Waals surface area contributed by atoms with Crippen LogP contribution in [0.5, 0.6) is 0 Å². The summed E-state index contributed by atoms with van der Waals surface area (Å²) in [4.78, 5) is 2.53. The first-order valence-corrected chi connectivity index (χ1v) is 22.8. The van der Waals surface area contributed by atoms with Crippen LogP contribution in [0, 0.1) is 5.41 Å². The maximum atomic E-state index is 12.1. The molecule has 0 bridgehead atoms. The minimum atomic E-state index is -4.53. The monoisotopic (exact) mass is 839 g/mol. The Morgan fingerprint density at radius 2 is 1.58 bits per heavy atom. The zero-order valence-corrected chi connectivity index (χ0v) is 34.6. The Bertz CT molecular complexity index is 2360. The Balaban J connectivity index is 1.53. The van der Waals surface area contributed by atoms with Crippen molar-refractivity contribution >= 4 is 59.5 Å². The van der Waals surface area contributed by atoms with E-state index in [-0.39, 0.29) is 22.5 Å². The predicted molar refractivity (Wildman–Crippen MR) is 210 cm³/mol. The van der Waals surface area contributed by atoms with E-state index in [0.717, 1.165) is 53.0 Å². The number of rotatable bonds is 14. The summed E-state index contributed by atoms with van der Waals surface area (Å²) in [5, 5.41) is 12.5. The molecule has 0 aromatic heterocycles. The normalized spacial score (nSPS) is 20.8. The van der Waals surface area contributed by atoms with Crippen molar-refractivity contribution < 1.29 is 58.1 Å². The molecule has 0 saturated heterocycles. The Hall–Kier alpha value is -3.17. The standard InChI is InChI=1S/C37H46N2O12S4/c1-35(2)22-25(10-9-11-33-36(3,4)30-21-28(55(47,48)49)13-15-32(30)39(33)24-54(44,45)46)18-26(23-35)19-34-37(5,6)29-20-27(52-51-50-40)12-14-31(29)38(34)16-7-8-17-53(41,42)43/h9-15,18-21H,7-8,16-17,22-24H2,1-6H3,(H3-,40,41,42,43,44,45,46,47,48,49)/p+1. The van der Waals surface area contributed by atoms with Gasteiger partial charge in [-0.1, -0.05) is 51.0 Å². The van der Waals surface area contributed by atoms with Crippen LogP contribution in [0.3, 0.4) is 0 Å². The summed E-state index contributed by atoms with van der Waals surface area (Å²) in [5.74, 6) is -1.10. The van der Waals surface area contributed by atoms with Gasteiger partial charge in [0.2, 0.25) is 5.69 Å². The summed E-state index contributed by atoms with van der Waals surface area (Å²) in [6.07, 6.45) is 12.0. The van der Waals surface area contributed by atoms with Gasteiger partial charge >= 0.3 is 10.1 Å².